The number of ether oxygens (including phenoxy) is 1. The van der Waals surface area contributed by atoms with Crippen molar-refractivity contribution in [3.8, 4) is 5.75 Å². The lowest BCUT2D eigenvalue weighted by atomic mass is 10.2. The van der Waals surface area contributed by atoms with E-state index in [1.165, 1.54) is 5.56 Å². The van der Waals surface area contributed by atoms with Crippen LogP contribution in [0, 0.1) is 0 Å². The van der Waals surface area contributed by atoms with Crippen molar-refractivity contribution in [2.45, 2.75) is 19.7 Å². The number of nitrogens with one attached hydrogen (secondary N) is 1. The zero-order valence-corrected chi connectivity index (χ0v) is 17.1. The van der Waals surface area contributed by atoms with E-state index >= 15 is 0 Å². The molecule has 0 radical (unpaired) electrons. The van der Waals surface area contributed by atoms with Crippen LogP contribution in [0.4, 0.5) is 0 Å². The Bertz CT molecular complexity index is 868. The SMILES string of the molecule is Clc1ccc(COc2ccc(CNCc3ccccc3Cl)cc2Br)cc1. The average molecular weight is 451 g/mol. The van der Waals surface area contributed by atoms with Gasteiger partial charge in [-0.1, -0.05) is 59.6 Å². The fourth-order valence-electron chi connectivity index (χ4n) is 2.50. The van der Waals surface area contributed by atoms with E-state index in [1.807, 2.05) is 54.6 Å². The lowest BCUT2D eigenvalue weighted by molar-refractivity contribution is 0.304. The van der Waals surface area contributed by atoms with Crippen molar-refractivity contribution in [1.82, 2.24) is 5.32 Å². The molecule has 0 aliphatic heterocycles. The number of benzene rings is 3. The first-order valence-corrected chi connectivity index (χ1v) is 9.76. The first kappa shape index (κ1) is 19.2. The van der Waals surface area contributed by atoms with Crippen LogP contribution >= 0.6 is 39.1 Å². The van der Waals surface area contributed by atoms with Crippen LogP contribution in [0.15, 0.2) is 71.2 Å². The fraction of sp³-hybridized carbons (Fsp3) is 0.143. The molecule has 0 saturated heterocycles. The van der Waals surface area contributed by atoms with Crippen molar-refractivity contribution in [3.63, 3.8) is 0 Å². The predicted octanol–water partition coefficient (Wildman–Crippen LogP) is 6.62. The molecule has 0 heterocycles. The van der Waals surface area contributed by atoms with Crippen LogP contribution in [-0.4, -0.2) is 0 Å². The quantitative estimate of drug-likeness (QED) is 0.436. The molecule has 0 aromatic heterocycles. The van der Waals surface area contributed by atoms with Crippen LogP contribution in [0.3, 0.4) is 0 Å². The highest BCUT2D eigenvalue weighted by atomic mass is 79.9. The zero-order chi connectivity index (χ0) is 18.4. The largest absolute Gasteiger partial charge is 0.488 e. The van der Waals surface area contributed by atoms with Crippen molar-refractivity contribution in [1.29, 1.82) is 0 Å². The second kappa shape index (κ2) is 9.43. The molecule has 2 nitrogen and oxygen atoms in total. The average Bonchev–Trinajstić information content (AvgIpc) is 2.64. The van der Waals surface area contributed by atoms with E-state index in [9.17, 15) is 0 Å². The standard InChI is InChI=1S/C21H18BrCl2NO/c22-19-11-16(12-25-13-17-3-1-2-4-20(17)24)7-10-21(19)26-14-15-5-8-18(23)9-6-15/h1-11,25H,12-14H2. The lowest BCUT2D eigenvalue weighted by Crippen LogP contribution is -2.13. The first-order chi connectivity index (χ1) is 12.6. The van der Waals surface area contributed by atoms with Crippen molar-refractivity contribution in [2.24, 2.45) is 0 Å². The summed E-state index contributed by atoms with van der Waals surface area (Å²) in [7, 11) is 0. The van der Waals surface area contributed by atoms with E-state index in [-0.39, 0.29) is 0 Å². The van der Waals surface area contributed by atoms with Crippen molar-refractivity contribution < 1.29 is 4.74 Å². The first-order valence-electron chi connectivity index (χ1n) is 8.21. The summed E-state index contributed by atoms with van der Waals surface area (Å²) in [6.07, 6.45) is 0. The third kappa shape index (κ3) is 5.49. The van der Waals surface area contributed by atoms with Crippen molar-refractivity contribution in [3.05, 3.63) is 97.9 Å². The summed E-state index contributed by atoms with van der Waals surface area (Å²) < 4.78 is 6.81. The second-order valence-electron chi connectivity index (χ2n) is 5.87. The molecule has 1 N–H and O–H groups in total. The molecule has 134 valence electrons. The second-order valence-corrected chi connectivity index (χ2v) is 7.57. The van der Waals surface area contributed by atoms with Gasteiger partial charge in [0, 0.05) is 23.1 Å². The molecule has 0 unspecified atom stereocenters. The fourth-order valence-corrected chi connectivity index (χ4v) is 3.37. The molecule has 0 bridgehead atoms. The Balaban J connectivity index is 1.53. The maximum Gasteiger partial charge on any atom is 0.134 e. The smallest absolute Gasteiger partial charge is 0.134 e. The summed E-state index contributed by atoms with van der Waals surface area (Å²) in [4.78, 5) is 0. The molecule has 26 heavy (non-hydrogen) atoms. The highest BCUT2D eigenvalue weighted by Crippen LogP contribution is 2.27. The van der Waals surface area contributed by atoms with Crippen molar-refractivity contribution >= 4 is 39.1 Å². The Morgan fingerprint density at radius 3 is 2.31 bits per heavy atom. The van der Waals surface area contributed by atoms with Gasteiger partial charge in [-0.05, 0) is 63.0 Å². The van der Waals surface area contributed by atoms with Gasteiger partial charge in [0.15, 0.2) is 0 Å². The normalized spacial score (nSPS) is 10.7. The van der Waals surface area contributed by atoms with E-state index in [0.717, 1.165) is 44.5 Å². The Hall–Kier alpha value is -1.52. The molecular formula is C21H18BrCl2NO. The highest BCUT2D eigenvalue weighted by molar-refractivity contribution is 9.10. The Morgan fingerprint density at radius 2 is 1.58 bits per heavy atom. The summed E-state index contributed by atoms with van der Waals surface area (Å²) in [6.45, 7) is 1.98. The van der Waals surface area contributed by atoms with Gasteiger partial charge in [0.25, 0.3) is 0 Å². The van der Waals surface area contributed by atoms with E-state index < -0.39 is 0 Å². The monoisotopic (exact) mass is 449 g/mol. The molecule has 0 saturated carbocycles. The van der Waals surface area contributed by atoms with Gasteiger partial charge in [-0.2, -0.15) is 0 Å². The summed E-state index contributed by atoms with van der Waals surface area (Å²) >= 11 is 15.7. The number of hydrogen-bond donors (Lipinski definition) is 1. The van der Waals surface area contributed by atoms with Gasteiger partial charge in [0.1, 0.15) is 12.4 Å². The maximum absolute atomic E-state index is 6.17. The number of halogens is 3. The van der Waals surface area contributed by atoms with Gasteiger partial charge in [0.05, 0.1) is 4.47 Å². The summed E-state index contributed by atoms with van der Waals surface area (Å²) in [5, 5.41) is 4.92. The minimum Gasteiger partial charge on any atom is -0.488 e. The maximum atomic E-state index is 6.17. The molecule has 0 atom stereocenters. The zero-order valence-electron chi connectivity index (χ0n) is 14.0. The van der Waals surface area contributed by atoms with Gasteiger partial charge in [-0.3, -0.25) is 0 Å². The van der Waals surface area contributed by atoms with E-state index in [2.05, 4.69) is 33.4 Å². The molecular weight excluding hydrogens is 433 g/mol. The summed E-state index contributed by atoms with van der Waals surface area (Å²) in [5.74, 6) is 0.815. The minimum atomic E-state index is 0.500. The van der Waals surface area contributed by atoms with Gasteiger partial charge < -0.3 is 10.1 Å². The van der Waals surface area contributed by atoms with Crippen LogP contribution in [0.2, 0.25) is 10.0 Å². The Morgan fingerprint density at radius 1 is 0.846 bits per heavy atom. The van der Waals surface area contributed by atoms with Crippen molar-refractivity contribution in [2.75, 3.05) is 0 Å². The molecule has 0 spiro atoms. The third-order valence-corrected chi connectivity index (χ3v) is 5.15. The van der Waals surface area contributed by atoms with Crippen LogP contribution in [-0.2, 0) is 19.7 Å². The van der Waals surface area contributed by atoms with E-state index in [4.69, 9.17) is 27.9 Å². The molecule has 5 heteroatoms. The molecule has 0 fully saturated rings. The molecule has 3 aromatic carbocycles. The van der Waals surface area contributed by atoms with Crippen LogP contribution < -0.4 is 10.1 Å². The minimum absolute atomic E-state index is 0.500. The molecule has 3 aromatic rings. The van der Waals surface area contributed by atoms with Crippen LogP contribution in [0.25, 0.3) is 0 Å². The van der Waals surface area contributed by atoms with Gasteiger partial charge in [-0.15, -0.1) is 0 Å². The number of rotatable bonds is 7. The number of hydrogen-bond acceptors (Lipinski definition) is 2. The van der Waals surface area contributed by atoms with E-state index in [0.29, 0.717) is 6.61 Å². The third-order valence-electron chi connectivity index (χ3n) is 3.91. The van der Waals surface area contributed by atoms with Crippen LogP contribution in [0.1, 0.15) is 16.7 Å². The Kier molecular flexibility index (Phi) is 6.98. The molecule has 3 rings (SSSR count). The topological polar surface area (TPSA) is 21.3 Å². The lowest BCUT2D eigenvalue weighted by Gasteiger charge is -2.11. The van der Waals surface area contributed by atoms with Gasteiger partial charge in [-0.25, -0.2) is 0 Å². The molecule has 0 amide bonds. The van der Waals surface area contributed by atoms with Gasteiger partial charge >= 0.3 is 0 Å². The summed E-state index contributed by atoms with van der Waals surface area (Å²) in [5.41, 5.74) is 3.34. The predicted molar refractivity (Wildman–Crippen MR) is 112 cm³/mol. The summed E-state index contributed by atoms with van der Waals surface area (Å²) in [6, 6.07) is 21.6. The van der Waals surface area contributed by atoms with E-state index in [1.54, 1.807) is 0 Å². The van der Waals surface area contributed by atoms with Gasteiger partial charge in [0.2, 0.25) is 0 Å². The van der Waals surface area contributed by atoms with Crippen LogP contribution in [0.5, 0.6) is 5.75 Å². The molecule has 0 aliphatic rings. The Labute approximate surface area is 172 Å². The highest BCUT2D eigenvalue weighted by Gasteiger charge is 2.05. The molecule has 0 aliphatic carbocycles.